The second-order valence-corrected chi connectivity index (χ2v) is 8.78. The normalized spacial score (nSPS) is 18.5. The molecule has 0 aromatic carbocycles. The van der Waals surface area contributed by atoms with Crippen LogP contribution in [0, 0.1) is 12.7 Å². The van der Waals surface area contributed by atoms with Crippen LogP contribution in [-0.4, -0.2) is 72.1 Å². The Kier molecular flexibility index (Phi) is 5.93. The van der Waals surface area contributed by atoms with Gasteiger partial charge in [-0.3, -0.25) is 4.90 Å². The van der Waals surface area contributed by atoms with E-state index in [4.69, 9.17) is 5.73 Å². The first-order valence-electron chi connectivity index (χ1n) is 11.4. The lowest BCUT2D eigenvalue weighted by Gasteiger charge is -2.38. The van der Waals surface area contributed by atoms with E-state index in [1.54, 1.807) is 17.9 Å². The summed E-state index contributed by atoms with van der Waals surface area (Å²) in [6.07, 6.45) is -1.42. The van der Waals surface area contributed by atoms with E-state index < -0.39 is 37.3 Å². The van der Waals surface area contributed by atoms with E-state index in [2.05, 4.69) is 25.4 Å². The molecule has 14 heteroatoms. The summed E-state index contributed by atoms with van der Waals surface area (Å²) in [6, 6.07) is 1.83. The van der Waals surface area contributed by atoms with Crippen molar-refractivity contribution in [3.8, 4) is 11.3 Å². The summed E-state index contributed by atoms with van der Waals surface area (Å²) < 4.78 is 72.8. The molecule has 0 saturated carbocycles. The Bertz CT molecular complexity index is 1430. The number of likely N-dealkylation sites (tertiary alicyclic amines) is 1. The summed E-state index contributed by atoms with van der Waals surface area (Å²) in [5.41, 5.74) is 6.83. The third kappa shape index (κ3) is 4.18. The zero-order valence-electron chi connectivity index (χ0n) is 19.5. The quantitative estimate of drug-likeness (QED) is 0.383. The van der Waals surface area contributed by atoms with E-state index in [-0.39, 0.29) is 40.6 Å². The summed E-state index contributed by atoms with van der Waals surface area (Å²) in [7, 11) is 0. The highest BCUT2D eigenvalue weighted by molar-refractivity contribution is 5.89. The van der Waals surface area contributed by atoms with E-state index in [9.17, 15) is 17.6 Å². The van der Waals surface area contributed by atoms with Gasteiger partial charge in [-0.2, -0.15) is 4.98 Å². The maximum atomic E-state index is 15.1. The number of alkyl halides is 4. The van der Waals surface area contributed by atoms with Gasteiger partial charge in [0, 0.05) is 6.54 Å². The molecule has 1 aliphatic rings. The topological polar surface area (TPSA) is 102 Å². The Labute approximate surface area is 202 Å². The van der Waals surface area contributed by atoms with Crippen LogP contribution in [0.1, 0.15) is 19.2 Å². The van der Waals surface area contributed by atoms with Gasteiger partial charge in [-0.25, -0.2) is 36.4 Å². The zero-order chi connectivity index (χ0) is 25.8. The van der Waals surface area contributed by atoms with Crippen molar-refractivity contribution in [2.24, 2.45) is 0 Å². The predicted molar refractivity (Wildman–Crippen MR) is 124 cm³/mol. The fourth-order valence-corrected chi connectivity index (χ4v) is 4.61. The molecule has 192 valence electrons. The van der Waals surface area contributed by atoms with Crippen LogP contribution in [0.3, 0.4) is 0 Å². The van der Waals surface area contributed by atoms with Gasteiger partial charge in [-0.05, 0) is 32.0 Å². The maximum Gasteiger partial charge on any atom is 0.280 e. The second-order valence-electron chi connectivity index (χ2n) is 8.78. The van der Waals surface area contributed by atoms with Crippen LogP contribution in [0.15, 0.2) is 18.3 Å². The van der Waals surface area contributed by atoms with Gasteiger partial charge < -0.3 is 15.6 Å². The highest BCUT2D eigenvalue weighted by Gasteiger charge is 2.44. The maximum absolute atomic E-state index is 15.1. The number of hydrogen-bond acceptors (Lipinski definition) is 7. The SMILES string of the molecule is CCN1CC[C@@H](Nc2nc(N)c3c(-c4ccc5nc(C)n(CC(F)F)c5n4)c(F)cn3n2)C(F)(F)C1. The minimum absolute atomic E-state index is 0.0371. The number of nitrogens with two attached hydrogens (primary N) is 1. The lowest BCUT2D eigenvalue weighted by molar-refractivity contribution is -0.0726. The van der Waals surface area contributed by atoms with Crippen molar-refractivity contribution in [3.63, 3.8) is 0 Å². The minimum Gasteiger partial charge on any atom is -0.382 e. The molecule has 0 amide bonds. The van der Waals surface area contributed by atoms with E-state index in [1.807, 2.05) is 6.92 Å². The van der Waals surface area contributed by atoms with Gasteiger partial charge in [-0.1, -0.05) is 6.92 Å². The summed E-state index contributed by atoms with van der Waals surface area (Å²) in [6.45, 7) is 3.40. The molecule has 1 atom stereocenters. The fraction of sp³-hybridized carbons (Fsp3) is 0.455. The Morgan fingerprint density at radius 2 is 2.00 bits per heavy atom. The molecule has 4 aromatic heterocycles. The van der Waals surface area contributed by atoms with Crippen molar-refractivity contribution >= 4 is 28.4 Å². The largest absolute Gasteiger partial charge is 0.382 e. The van der Waals surface area contributed by atoms with Crippen molar-refractivity contribution < 1.29 is 22.0 Å². The first-order valence-corrected chi connectivity index (χ1v) is 11.4. The van der Waals surface area contributed by atoms with E-state index in [1.165, 1.54) is 10.6 Å². The standard InChI is InChI=1S/C22H24F5N9/c1-3-34-7-6-15(22(26,27)10-34)31-21-32-19(28)18-17(12(23)8-36(18)33-21)13-4-5-14-20(30-13)35(9-16(24)25)11(2)29-14/h4-5,8,15-16H,3,6-7,9-10H2,1-2H3,(H3,28,31,32,33)/t15-/m1/s1. The number of anilines is 2. The van der Waals surface area contributed by atoms with Gasteiger partial charge in [0.1, 0.15) is 16.9 Å². The summed E-state index contributed by atoms with van der Waals surface area (Å²) in [5.74, 6) is -3.73. The molecule has 0 spiro atoms. The number of imidazole rings is 1. The van der Waals surface area contributed by atoms with Crippen LogP contribution in [0.2, 0.25) is 0 Å². The van der Waals surface area contributed by atoms with E-state index >= 15 is 4.39 Å². The highest BCUT2D eigenvalue weighted by atomic mass is 19.3. The molecule has 36 heavy (non-hydrogen) atoms. The van der Waals surface area contributed by atoms with E-state index in [0.29, 0.717) is 24.4 Å². The van der Waals surface area contributed by atoms with Crippen LogP contribution in [0.4, 0.5) is 33.7 Å². The third-order valence-corrected chi connectivity index (χ3v) is 6.40. The van der Waals surface area contributed by atoms with Crippen LogP contribution >= 0.6 is 0 Å². The molecule has 0 aliphatic carbocycles. The number of aryl methyl sites for hydroxylation is 1. The molecule has 5 heterocycles. The summed E-state index contributed by atoms with van der Waals surface area (Å²) in [5, 5.41) is 6.80. The van der Waals surface area contributed by atoms with Crippen LogP contribution in [0.5, 0.6) is 0 Å². The molecular formula is C22H24F5N9. The van der Waals surface area contributed by atoms with Crippen molar-refractivity contribution in [2.75, 3.05) is 30.7 Å². The number of nitrogen functional groups attached to an aromatic ring is 1. The molecule has 3 N–H and O–H groups in total. The van der Waals surface area contributed by atoms with Crippen molar-refractivity contribution in [2.45, 2.75) is 45.2 Å². The van der Waals surface area contributed by atoms with Crippen molar-refractivity contribution in [1.82, 2.24) is 34.0 Å². The number of piperidine rings is 1. The van der Waals surface area contributed by atoms with Crippen LogP contribution in [-0.2, 0) is 6.54 Å². The molecule has 1 fully saturated rings. The lowest BCUT2D eigenvalue weighted by Crippen LogP contribution is -2.54. The highest BCUT2D eigenvalue weighted by Crippen LogP contribution is 2.33. The van der Waals surface area contributed by atoms with Crippen molar-refractivity contribution in [1.29, 1.82) is 0 Å². The molecule has 0 radical (unpaired) electrons. The van der Waals surface area contributed by atoms with Crippen LogP contribution < -0.4 is 11.1 Å². The average Bonchev–Trinajstić information content (AvgIpc) is 3.30. The Morgan fingerprint density at radius 1 is 1.22 bits per heavy atom. The molecule has 0 unspecified atom stereocenters. The number of hydrogen-bond donors (Lipinski definition) is 2. The number of aromatic nitrogens is 6. The Balaban J connectivity index is 1.52. The summed E-state index contributed by atoms with van der Waals surface area (Å²) in [4.78, 5) is 14.4. The van der Waals surface area contributed by atoms with Gasteiger partial charge in [0.05, 0.1) is 36.6 Å². The minimum atomic E-state index is -3.02. The number of halogens is 5. The van der Waals surface area contributed by atoms with E-state index in [0.717, 1.165) is 10.7 Å². The smallest absolute Gasteiger partial charge is 0.280 e. The Hall–Kier alpha value is -3.55. The molecule has 1 aliphatic heterocycles. The summed E-state index contributed by atoms with van der Waals surface area (Å²) >= 11 is 0. The first kappa shape index (κ1) is 24.2. The van der Waals surface area contributed by atoms with Gasteiger partial charge in [-0.15, -0.1) is 5.10 Å². The first-order chi connectivity index (χ1) is 17.1. The molecule has 4 aromatic rings. The number of fused-ring (bicyclic) bond motifs is 2. The molecule has 5 rings (SSSR count). The lowest BCUT2D eigenvalue weighted by atomic mass is 10.0. The van der Waals surface area contributed by atoms with Gasteiger partial charge in [0.2, 0.25) is 5.95 Å². The monoisotopic (exact) mass is 509 g/mol. The van der Waals surface area contributed by atoms with Gasteiger partial charge in [0.15, 0.2) is 17.3 Å². The number of nitrogens with zero attached hydrogens (tertiary/aromatic N) is 7. The number of pyridine rings is 1. The molecule has 0 bridgehead atoms. The van der Waals surface area contributed by atoms with Crippen molar-refractivity contribution in [3.05, 3.63) is 30.0 Å². The fourth-order valence-electron chi connectivity index (χ4n) is 4.61. The second kappa shape index (κ2) is 8.84. The Morgan fingerprint density at radius 3 is 2.69 bits per heavy atom. The zero-order valence-corrected chi connectivity index (χ0v) is 19.5. The van der Waals surface area contributed by atoms with Crippen LogP contribution in [0.25, 0.3) is 27.9 Å². The number of rotatable bonds is 6. The molecule has 9 nitrogen and oxygen atoms in total. The third-order valence-electron chi connectivity index (χ3n) is 6.40. The number of nitrogens with one attached hydrogen (secondary N) is 1. The molecule has 1 saturated heterocycles. The predicted octanol–water partition coefficient (Wildman–Crippen LogP) is 3.58. The van der Waals surface area contributed by atoms with Gasteiger partial charge >= 0.3 is 0 Å². The average molecular weight is 509 g/mol. The van der Waals surface area contributed by atoms with Gasteiger partial charge in [0.25, 0.3) is 12.3 Å². The molecular weight excluding hydrogens is 485 g/mol.